The van der Waals surface area contributed by atoms with Gasteiger partial charge in [-0.25, -0.2) is 0 Å². The van der Waals surface area contributed by atoms with Crippen molar-refractivity contribution >= 4 is 0 Å². The molecule has 0 bridgehead atoms. The summed E-state index contributed by atoms with van der Waals surface area (Å²) >= 11 is 0. The molecule has 102 valence electrons. The molecular formula is C15H32N2. The number of rotatable bonds is 8. The minimum absolute atomic E-state index is 0.644. The van der Waals surface area contributed by atoms with Gasteiger partial charge in [0.2, 0.25) is 0 Å². The summed E-state index contributed by atoms with van der Waals surface area (Å²) in [6.07, 6.45) is 11.2. The number of nitrogens with one attached hydrogen (secondary N) is 1. The van der Waals surface area contributed by atoms with Crippen molar-refractivity contribution in [2.24, 2.45) is 0 Å². The van der Waals surface area contributed by atoms with Gasteiger partial charge in [0.25, 0.3) is 0 Å². The van der Waals surface area contributed by atoms with E-state index in [0.29, 0.717) is 6.04 Å². The van der Waals surface area contributed by atoms with Crippen molar-refractivity contribution in [2.75, 3.05) is 20.1 Å². The third kappa shape index (κ3) is 5.39. The molecular weight excluding hydrogens is 208 g/mol. The summed E-state index contributed by atoms with van der Waals surface area (Å²) in [6.45, 7) is 7.26. The zero-order valence-electron chi connectivity index (χ0n) is 12.2. The van der Waals surface area contributed by atoms with Crippen molar-refractivity contribution in [2.45, 2.75) is 77.3 Å². The lowest BCUT2D eigenvalue weighted by Crippen LogP contribution is -2.50. The van der Waals surface area contributed by atoms with E-state index in [1.54, 1.807) is 0 Å². The monoisotopic (exact) mass is 240 g/mol. The number of unbranched alkanes of at least 4 members (excludes halogenated alkanes) is 4. The normalized spacial score (nSPS) is 23.8. The predicted molar refractivity (Wildman–Crippen MR) is 76.5 cm³/mol. The molecule has 1 heterocycles. The minimum Gasteiger partial charge on any atom is -0.316 e. The Bertz CT molecular complexity index is 182. The van der Waals surface area contributed by atoms with Crippen molar-refractivity contribution < 1.29 is 0 Å². The van der Waals surface area contributed by atoms with Gasteiger partial charge < -0.3 is 5.32 Å². The van der Waals surface area contributed by atoms with E-state index in [9.17, 15) is 0 Å². The Morgan fingerprint density at radius 3 is 2.65 bits per heavy atom. The molecule has 2 atom stereocenters. The van der Waals surface area contributed by atoms with Crippen LogP contribution in [0, 0.1) is 0 Å². The smallest absolute Gasteiger partial charge is 0.0246 e. The molecule has 2 heteroatoms. The van der Waals surface area contributed by atoms with Crippen LogP contribution in [0.25, 0.3) is 0 Å². The zero-order chi connectivity index (χ0) is 12.5. The first-order valence-electron chi connectivity index (χ1n) is 7.71. The zero-order valence-corrected chi connectivity index (χ0v) is 12.2. The molecule has 0 saturated carbocycles. The summed E-state index contributed by atoms with van der Waals surface area (Å²) in [4.78, 5) is 2.73. The van der Waals surface area contributed by atoms with Crippen LogP contribution in [0.1, 0.15) is 65.2 Å². The summed E-state index contributed by atoms with van der Waals surface area (Å²) in [7, 11) is 2.10. The Labute approximate surface area is 108 Å². The van der Waals surface area contributed by atoms with E-state index in [4.69, 9.17) is 0 Å². The molecule has 0 spiro atoms. The van der Waals surface area contributed by atoms with Crippen LogP contribution >= 0.6 is 0 Å². The summed E-state index contributed by atoms with van der Waals surface area (Å²) in [5, 5.41) is 3.43. The van der Waals surface area contributed by atoms with Gasteiger partial charge in [0.05, 0.1) is 0 Å². The van der Waals surface area contributed by atoms with E-state index in [1.165, 1.54) is 64.5 Å². The van der Waals surface area contributed by atoms with Crippen LogP contribution in [0.4, 0.5) is 0 Å². The van der Waals surface area contributed by atoms with Crippen molar-refractivity contribution in [3.05, 3.63) is 0 Å². The van der Waals surface area contributed by atoms with E-state index in [2.05, 4.69) is 31.1 Å². The highest BCUT2D eigenvalue weighted by molar-refractivity contribution is 4.84. The number of nitrogens with zero attached hydrogens (tertiary/aromatic N) is 1. The van der Waals surface area contributed by atoms with Crippen LogP contribution in [0.15, 0.2) is 0 Å². The number of hydrogen-bond donors (Lipinski definition) is 1. The summed E-state index contributed by atoms with van der Waals surface area (Å²) < 4.78 is 0. The highest BCUT2D eigenvalue weighted by atomic mass is 15.2. The molecule has 0 radical (unpaired) electrons. The van der Waals surface area contributed by atoms with Crippen molar-refractivity contribution in [3.63, 3.8) is 0 Å². The van der Waals surface area contributed by atoms with Gasteiger partial charge in [-0.3, -0.25) is 4.90 Å². The van der Waals surface area contributed by atoms with Crippen LogP contribution in [0.3, 0.4) is 0 Å². The Balaban J connectivity index is 2.23. The number of piperidine rings is 1. The molecule has 0 amide bonds. The van der Waals surface area contributed by atoms with E-state index < -0.39 is 0 Å². The van der Waals surface area contributed by atoms with Crippen LogP contribution in [-0.2, 0) is 0 Å². The second-order valence-electron chi connectivity index (χ2n) is 5.59. The average molecular weight is 240 g/mol. The first-order chi connectivity index (χ1) is 8.29. The maximum atomic E-state index is 3.43. The second kappa shape index (κ2) is 8.93. The Morgan fingerprint density at radius 2 is 1.94 bits per heavy atom. The molecule has 1 aliphatic heterocycles. The Kier molecular flexibility index (Phi) is 7.87. The summed E-state index contributed by atoms with van der Waals surface area (Å²) in [5.74, 6) is 0. The van der Waals surface area contributed by atoms with E-state index in [-0.39, 0.29) is 0 Å². The van der Waals surface area contributed by atoms with Gasteiger partial charge in [-0.2, -0.15) is 0 Å². The van der Waals surface area contributed by atoms with E-state index in [1.807, 2.05) is 0 Å². The van der Waals surface area contributed by atoms with E-state index in [0.717, 1.165) is 6.04 Å². The third-order valence-electron chi connectivity index (χ3n) is 4.25. The quantitative estimate of drug-likeness (QED) is 0.654. The van der Waals surface area contributed by atoms with Crippen LogP contribution in [-0.4, -0.2) is 37.1 Å². The third-order valence-corrected chi connectivity index (χ3v) is 4.25. The molecule has 1 aliphatic rings. The van der Waals surface area contributed by atoms with Gasteiger partial charge in [-0.05, 0) is 46.3 Å². The maximum Gasteiger partial charge on any atom is 0.0246 e. The molecule has 0 aromatic rings. The Hall–Kier alpha value is -0.0800. The maximum absolute atomic E-state index is 3.43. The van der Waals surface area contributed by atoms with Gasteiger partial charge in [0.15, 0.2) is 0 Å². The molecule has 0 aromatic carbocycles. The van der Waals surface area contributed by atoms with Crippen molar-refractivity contribution in [3.8, 4) is 0 Å². The van der Waals surface area contributed by atoms with Crippen molar-refractivity contribution in [1.29, 1.82) is 0 Å². The summed E-state index contributed by atoms with van der Waals surface area (Å²) in [5.41, 5.74) is 0. The van der Waals surface area contributed by atoms with Gasteiger partial charge in [-0.1, -0.05) is 39.0 Å². The molecule has 2 nitrogen and oxygen atoms in total. The number of likely N-dealkylation sites (tertiary alicyclic amines) is 1. The van der Waals surface area contributed by atoms with Crippen LogP contribution < -0.4 is 5.32 Å². The highest BCUT2D eigenvalue weighted by Gasteiger charge is 2.25. The molecule has 2 unspecified atom stereocenters. The van der Waals surface area contributed by atoms with Crippen LogP contribution in [0.5, 0.6) is 0 Å². The highest BCUT2D eigenvalue weighted by Crippen LogP contribution is 2.20. The molecule has 17 heavy (non-hydrogen) atoms. The first kappa shape index (κ1) is 15.0. The standard InChI is InChI=1S/C15H32N2/c1-4-5-6-7-9-12-17-13-10-8-11-15(17)14(2)16-3/h14-16H,4-13H2,1-3H3. The largest absolute Gasteiger partial charge is 0.316 e. The van der Waals surface area contributed by atoms with Crippen molar-refractivity contribution in [1.82, 2.24) is 10.2 Å². The van der Waals surface area contributed by atoms with Gasteiger partial charge in [0, 0.05) is 12.1 Å². The fraction of sp³-hybridized carbons (Fsp3) is 1.00. The lowest BCUT2D eigenvalue weighted by Gasteiger charge is -2.39. The number of likely N-dealkylation sites (N-methyl/N-ethyl adjacent to an activating group) is 1. The lowest BCUT2D eigenvalue weighted by molar-refractivity contribution is 0.119. The Morgan fingerprint density at radius 1 is 1.18 bits per heavy atom. The van der Waals surface area contributed by atoms with Gasteiger partial charge >= 0.3 is 0 Å². The molecule has 1 saturated heterocycles. The molecule has 1 fully saturated rings. The molecule has 0 aromatic heterocycles. The van der Waals surface area contributed by atoms with Crippen LogP contribution in [0.2, 0.25) is 0 Å². The van der Waals surface area contributed by atoms with Gasteiger partial charge in [-0.15, -0.1) is 0 Å². The SMILES string of the molecule is CCCCCCCN1CCCCC1C(C)NC. The fourth-order valence-electron chi connectivity index (χ4n) is 2.97. The number of hydrogen-bond acceptors (Lipinski definition) is 2. The lowest BCUT2D eigenvalue weighted by atomic mass is 9.96. The first-order valence-corrected chi connectivity index (χ1v) is 7.71. The summed E-state index contributed by atoms with van der Waals surface area (Å²) in [6, 6.07) is 1.42. The van der Waals surface area contributed by atoms with E-state index >= 15 is 0 Å². The molecule has 0 aliphatic carbocycles. The second-order valence-corrected chi connectivity index (χ2v) is 5.59. The predicted octanol–water partition coefficient (Wildman–Crippen LogP) is 3.42. The fourth-order valence-corrected chi connectivity index (χ4v) is 2.97. The topological polar surface area (TPSA) is 15.3 Å². The average Bonchev–Trinajstić information content (AvgIpc) is 2.38. The molecule has 1 rings (SSSR count). The minimum atomic E-state index is 0.644. The molecule has 1 N–H and O–H groups in total. The van der Waals surface area contributed by atoms with Gasteiger partial charge in [0.1, 0.15) is 0 Å².